The number of benzene rings is 4. The Labute approximate surface area is 495 Å². The number of carbonyl (C=O) groups is 16. The summed E-state index contributed by atoms with van der Waals surface area (Å²) in [6, 6.07) is 12.1. The summed E-state index contributed by atoms with van der Waals surface area (Å²) in [5.41, 5.74) is 8.99. The number of hydrogen-bond donors (Lipinski definition) is 6. The van der Waals surface area contributed by atoms with Gasteiger partial charge >= 0.3 is 11.9 Å². The molecule has 0 aliphatic carbocycles. The van der Waals surface area contributed by atoms with E-state index in [1.165, 1.54) is 48.5 Å². The number of esters is 2. The standard InChI is InChI=1S/2C13H9N3O6.C13H11N3O4.C8H3NO5.C5H8N2O2.ClH/c2*17-9-5-4-8(11(18)14-9)15-12(19)6-2-1-3-7(16(21)22)10(6)13(15)20;14-7-3-1-2-6-10(7)13(20)16(12(6)19)8-4-5-9(17)15-11(8)18;10-7-4-2-1-3-5(9(12)13)6(4)8(11)14-7;6-3-1-2-4(8)7-5(3)9;/h2*1-3,8H,4-5H2,(H,14,17,18);1-3,8H,4-5,14H2,(H,15,17,18);1-3H;3H,1-2,6H2,(H,7,8,9);1H. The molecule has 8 aliphatic heterocycles. The van der Waals surface area contributed by atoms with Crippen molar-refractivity contribution in [3.8, 4) is 0 Å². The Morgan fingerprint density at radius 2 is 0.705 bits per heavy atom. The molecule has 4 saturated heterocycles. The first-order valence-electron chi connectivity index (χ1n) is 25.4. The summed E-state index contributed by atoms with van der Waals surface area (Å²) in [7, 11) is 0. The SMILES string of the molecule is Cl.NC1CCC(=O)NC1=O.Nc1cccc2c1C(=O)N(C1CCC(=O)NC1=O)C2=O.O=C1CCC(N2C(=O)c3cccc([N+](=O)[O-])c3C2=O)C(=O)N1.O=C1CCC(N2C(=O)c3cccc([N+](=O)[O-])c3C2=O)C(=O)N1.O=C1OC(=O)c2c1cccc2[N+](=O)[O-]. The van der Waals surface area contributed by atoms with E-state index in [2.05, 4.69) is 26.0 Å². The number of amides is 14. The van der Waals surface area contributed by atoms with Gasteiger partial charge < -0.3 is 16.2 Å². The molecule has 8 heterocycles. The zero-order chi connectivity index (χ0) is 63.6. The molecule has 8 aliphatic rings. The fourth-order valence-electron chi connectivity index (χ4n) is 9.82. The summed E-state index contributed by atoms with van der Waals surface area (Å²) < 4.78 is 4.24. The largest absolute Gasteiger partial charge is 0.398 e. The third-order valence-electron chi connectivity index (χ3n) is 13.9. The number of halogens is 1. The number of cyclic esters (lactones) is 2. The molecule has 8 N–H and O–H groups in total. The molecule has 14 amide bonds. The lowest BCUT2D eigenvalue weighted by atomic mass is 10.0. The lowest BCUT2D eigenvalue weighted by Gasteiger charge is -2.27. The molecule has 12 rings (SSSR count). The van der Waals surface area contributed by atoms with Gasteiger partial charge in [-0.1, -0.05) is 24.3 Å². The Hall–Kier alpha value is -11.8. The van der Waals surface area contributed by atoms with Gasteiger partial charge in [-0.3, -0.25) is 133 Å². The monoisotopic (exact) mass is 1240 g/mol. The molecule has 454 valence electrons. The van der Waals surface area contributed by atoms with Crippen molar-refractivity contribution in [3.63, 3.8) is 0 Å². The van der Waals surface area contributed by atoms with E-state index >= 15 is 0 Å². The Balaban J connectivity index is 0.000000161. The molecular weight excluding hydrogens is 1200 g/mol. The number of fused-ring (bicyclic) bond motifs is 4. The number of piperidine rings is 4. The van der Waals surface area contributed by atoms with Gasteiger partial charge in [0.25, 0.3) is 52.5 Å². The lowest BCUT2D eigenvalue weighted by Crippen LogP contribution is -2.54. The Morgan fingerprint density at radius 1 is 0.398 bits per heavy atom. The van der Waals surface area contributed by atoms with Crippen molar-refractivity contribution in [1.29, 1.82) is 0 Å². The molecule has 0 spiro atoms. The average Bonchev–Trinajstić information content (AvgIpc) is 2.18. The van der Waals surface area contributed by atoms with Gasteiger partial charge in [0.2, 0.25) is 47.3 Å². The van der Waals surface area contributed by atoms with Crippen LogP contribution in [0.15, 0.2) is 72.8 Å². The molecular formula is C52H41ClN12O23. The van der Waals surface area contributed by atoms with Crippen LogP contribution < -0.4 is 32.7 Å². The van der Waals surface area contributed by atoms with Crippen molar-refractivity contribution in [2.75, 3.05) is 5.73 Å². The van der Waals surface area contributed by atoms with Gasteiger partial charge in [0.15, 0.2) is 5.56 Å². The van der Waals surface area contributed by atoms with Gasteiger partial charge in [-0.05, 0) is 56.0 Å². The van der Waals surface area contributed by atoms with E-state index in [9.17, 15) is 107 Å². The molecule has 36 heteroatoms. The first kappa shape index (κ1) is 63.8. The van der Waals surface area contributed by atoms with Crippen molar-refractivity contribution < 1.29 is 96.2 Å². The van der Waals surface area contributed by atoms with Gasteiger partial charge in [-0.2, -0.15) is 0 Å². The molecule has 4 unspecified atom stereocenters. The fraction of sp³-hybridized carbons (Fsp3) is 0.231. The number of anilines is 1. The number of nitro groups is 3. The highest BCUT2D eigenvalue weighted by atomic mass is 35.5. The zero-order valence-electron chi connectivity index (χ0n) is 44.5. The van der Waals surface area contributed by atoms with Crippen molar-refractivity contribution in [1.82, 2.24) is 36.0 Å². The quantitative estimate of drug-likeness (QED) is 0.0362. The molecule has 4 fully saturated rings. The van der Waals surface area contributed by atoms with Crippen molar-refractivity contribution in [2.45, 2.75) is 75.5 Å². The summed E-state index contributed by atoms with van der Waals surface area (Å²) in [5.74, 6) is -10.3. The number of nitrogens with zero attached hydrogens (tertiary/aromatic N) is 6. The van der Waals surface area contributed by atoms with Gasteiger partial charge in [0.05, 0.1) is 48.6 Å². The molecule has 4 aromatic rings. The second kappa shape index (κ2) is 25.6. The molecule has 88 heavy (non-hydrogen) atoms. The minimum Gasteiger partial charge on any atom is -0.398 e. The molecule has 0 aromatic heterocycles. The molecule has 35 nitrogen and oxygen atoms in total. The van der Waals surface area contributed by atoms with E-state index < -0.39 is 139 Å². The van der Waals surface area contributed by atoms with Crippen LogP contribution in [0.5, 0.6) is 0 Å². The fourth-order valence-corrected chi connectivity index (χ4v) is 9.82. The van der Waals surface area contributed by atoms with Crippen LogP contribution in [0, 0.1) is 30.3 Å². The van der Waals surface area contributed by atoms with Gasteiger partial charge in [0.1, 0.15) is 29.3 Å². The maximum atomic E-state index is 12.4. The van der Waals surface area contributed by atoms with E-state index in [4.69, 9.17) is 11.5 Å². The Morgan fingerprint density at radius 3 is 1.03 bits per heavy atom. The highest BCUT2D eigenvalue weighted by Crippen LogP contribution is 2.36. The molecule has 0 bridgehead atoms. The van der Waals surface area contributed by atoms with E-state index in [1.807, 2.05) is 0 Å². The van der Waals surface area contributed by atoms with E-state index in [-0.39, 0.29) is 113 Å². The van der Waals surface area contributed by atoms with Crippen LogP contribution >= 0.6 is 12.4 Å². The second-order valence-corrected chi connectivity index (χ2v) is 19.2. The number of carbonyl (C=O) groups excluding carboxylic acids is 16. The smallest absolute Gasteiger partial charge is 0.353 e. The number of rotatable bonds is 6. The highest BCUT2D eigenvalue weighted by Gasteiger charge is 2.50. The first-order chi connectivity index (χ1) is 41.1. The third kappa shape index (κ3) is 12.3. The lowest BCUT2D eigenvalue weighted by molar-refractivity contribution is -0.385. The summed E-state index contributed by atoms with van der Waals surface area (Å²) in [6.45, 7) is 0. The van der Waals surface area contributed by atoms with E-state index in [1.54, 1.807) is 6.07 Å². The van der Waals surface area contributed by atoms with Crippen LogP contribution in [-0.2, 0) is 43.1 Å². The molecule has 0 saturated carbocycles. The molecule has 4 aromatic carbocycles. The number of ether oxygens (including phenoxy) is 1. The third-order valence-corrected chi connectivity index (χ3v) is 13.9. The second-order valence-electron chi connectivity index (χ2n) is 19.2. The number of imide groups is 7. The Bertz CT molecular complexity index is 3780. The average molecular weight is 1240 g/mol. The van der Waals surface area contributed by atoms with Gasteiger partial charge in [0, 0.05) is 49.6 Å². The van der Waals surface area contributed by atoms with Crippen molar-refractivity contribution in [2.24, 2.45) is 5.73 Å². The van der Waals surface area contributed by atoms with Crippen LogP contribution in [0.1, 0.15) is 134 Å². The number of nitrogens with one attached hydrogen (secondary N) is 4. The number of nitro benzene ring substituents is 3. The zero-order valence-corrected chi connectivity index (χ0v) is 45.3. The maximum absolute atomic E-state index is 12.4. The first-order valence-corrected chi connectivity index (χ1v) is 25.4. The van der Waals surface area contributed by atoms with Crippen molar-refractivity contribution in [3.05, 3.63) is 148 Å². The van der Waals surface area contributed by atoms with Crippen molar-refractivity contribution >= 4 is 130 Å². The van der Waals surface area contributed by atoms with Crippen LogP contribution in [0.2, 0.25) is 0 Å². The number of nitrogens with two attached hydrogens (primary N) is 2. The van der Waals surface area contributed by atoms with Crippen LogP contribution in [0.25, 0.3) is 0 Å². The predicted octanol–water partition coefficient (Wildman–Crippen LogP) is -0.260. The normalized spacial score (nSPS) is 20.5. The van der Waals surface area contributed by atoms with Crippen LogP contribution in [0.4, 0.5) is 22.7 Å². The minimum absolute atomic E-state index is 0. The number of nitrogen functional groups attached to an aromatic ring is 1. The van der Waals surface area contributed by atoms with Gasteiger partial charge in [-0.25, -0.2) is 9.59 Å². The van der Waals surface area contributed by atoms with Crippen LogP contribution in [0.3, 0.4) is 0 Å². The van der Waals surface area contributed by atoms with Gasteiger partial charge in [-0.15, -0.1) is 12.4 Å². The maximum Gasteiger partial charge on any atom is 0.353 e. The summed E-state index contributed by atoms with van der Waals surface area (Å²) in [5, 5.41) is 40.9. The van der Waals surface area contributed by atoms with E-state index in [0.717, 1.165) is 23.1 Å². The highest BCUT2D eigenvalue weighted by molar-refractivity contribution is 6.27. The topological polar surface area (TPSA) is 522 Å². The molecule has 0 radical (unpaired) electrons. The molecule has 4 atom stereocenters. The summed E-state index contributed by atoms with van der Waals surface area (Å²) in [4.78, 5) is 219. The summed E-state index contributed by atoms with van der Waals surface area (Å²) >= 11 is 0. The number of hydrogen-bond acceptors (Lipinski definition) is 25. The minimum atomic E-state index is -1.13. The van der Waals surface area contributed by atoms with E-state index in [0.29, 0.717) is 22.6 Å². The summed E-state index contributed by atoms with van der Waals surface area (Å²) in [6.07, 6.45) is 1.07. The predicted molar refractivity (Wildman–Crippen MR) is 288 cm³/mol. The Kier molecular flexibility index (Phi) is 18.6. The van der Waals surface area contributed by atoms with Crippen LogP contribution in [-0.4, -0.2) is 148 Å².